The number of hydroxylamine groups is 2. The molecule has 0 unspecified atom stereocenters. The van der Waals surface area contributed by atoms with Gasteiger partial charge in [-0.15, -0.1) is 0 Å². The number of esters is 2. The average Bonchev–Trinajstić information content (AvgIpc) is 3.18. The van der Waals surface area contributed by atoms with E-state index in [9.17, 15) is 28.8 Å². The number of methoxy groups -OCH3 is 2. The minimum atomic E-state index is -1.23. The summed E-state index contributed by atoms with van der Waals surface area (Å²) in [6, 6.07) is 17.5. The molecule has 3 aromatic rings. The summed E-state index contributed by atoms with van der Waals surface area (Å²) in [6.07, 6.45) is 3.90. The summed E-state index contributed by atoms with van der Waals surface area (Å²) in [5.41, 5.74) is 2.89. The number of unbranched alkanes of at least 4 members (excludes halogenated alkanes) is 2. The first-order valence-electron chi connectivity index (χ1n) is 17.6. The maximum Gasteiger partial charge on any atom is 0.328 e. The molecule has 0 saturated heterocycles. The number of benzene rings is 2. The second-order valence-corrected chi connectivity index (χ2v) is 12.3. The minimum absolute atomic E-state index is 0.104. The van der Waals surface area contributed by atoms with Gasteiger partial charge in [0.05, 0.1) is 45.0 Å². The lowest BCUT2D eigenvalue weighted by Gasteiger charge is -2.32. The van der Waals surface area contributed by atoms with Gasteiger partial charge in [0.25, 0.3) is 11.8 Å². The molecule has 0 bridgehead atoms. The Balaban J connectivity index is 1.66. The first-order valence-corrected chi connectivity index (χ1v) is 17.6. The van der Waals surface area contributed by atoms with Gasteiger partial charge in [-0.05, 0) is 55.2 Å². The summed E-state index contributed by atoms with van der Waals surface area (Å²) in [7, 11) is 2.33. The van der Waals surface area contributed by atoms with Crippen LogP contribution in [0.25, 0.3) is 11.3 Å². The molecule has 0 fully saturated rings. The van der Waals surface area contributed by atoms with Crippen LogP contribution in [0.5, 0.6) is 0 Å². The summed E-state index contributed by atoms with van der Waals surface area (Å²) in [4.78, 5) is 86.0. The number of amides is 4. The summed E-state index contributed by atoms with van der Waals surface area (Å²) >= 11 is 0. The second-order valence-electron chi connectivity index (χ2n) is 12.3. The lowest BCUT2D eigenvalue weighted by molar-refractivity contribution is -0.200. The fourth-order valence-corrected chi connectivity index (χ4v) is 5.74. The van der Waals surface area contributed by atoms with E-state index in [1.54, 1.807) is 37.3 Å². The number of aromatic nitrogens is 1. The molecule has 1 heterocycles. The zero-order valence-electron chi connectivity index (χ0n) is 30.9. The van der Waals surface area contributed by atoms with Crippen molar-refractivity contribution in [1.29, 1.82) is 0 Å². The van der Waals surface area contributed by atoms with Crippen LogP contribution in [-0.2, 0) is 40.1 Å². The fourth-order valence-electron chi connectivity index (χ4n) is 5.74. The van der Waals surface area contributed by atoms with Gasteiger partial charge in [0.15, 0.2) is 0 Å². The van der Waals surface area contributed by atoms with Crippen LogP contribution in [0, 0.1) is 12.8 Å². The van der Waals surface area contributed by atoms with E-state index in [-0.39, 0.29) is 30.4 Å². The Morgan fingerprint density at radius 3 is 2.28 bits per heavy atom. The lowest BCUT2D eigenvalue weighted by Crippen LogP contribution is -2.48. The quantitative estimate of drug-likeness (QED) is 0.0471. The number of nitrogens with zero attached hydrogens (tertiary/aromatic N) is 2. The van der Waals surface area contributed by atoms with E-state index in [0.29, 0.717) is 36.1 Å². The van der Waals surface area contributed by atoms with Gasteiger partial charge >= 0.3 is 11.9 Å². The molecule has 3 atom stereocenters. The van der Waals surface area contributed by atoms with E-state index in [1.807, 2.05) is 37.3 Å². The molecule has 0 radical (unpaired) electrons. The normalized spacial score (nSPS) is 12.4. The Labute approximate surface area is 309 Å². The molecule has 1 aromatic heterocycles. The van der Waals surface area contributed by atoms with E-state index < -0.39 is 48.2 Å². The molecule has 0 aliphatic carbocycles. The number of pyridine rings is 1. The van der Waals surface area contributed by atoms with Gasteiger partial charge < -0.3 is 25.4 Å². The van der Waals surface area contributed by atoms with Gasteiger partial charge in [-0.3, -0.25) is 28.8 Å². The Morgan fingerprint density at radius 2 is 1.64 bits per heavy atom. The Morgan fingerprint density at radius 1 is 0.887 bits per heavy atom. The van der Waals surface area contributed by atoms with E-state index in [1.165, 1.54) is 18.2 Å². The monoisotopic (exact) mass is 731 g/mol. The number of nitrogens with one attached hydrogen (secondary N) is 3. The summed E-state index contributed by atoms with van der Waals surface area (Å²) in [5.74, 6) is -3.47. The lowest BCUT2D eigenvalue weighted by atomic mass is 9.90. The van der Waals surface area contributed by atoms with Crippen LogP contribution in [0.3, 0.4) is 0 Å². The van der Waals surface area contributed by atoms with Crippen LogP contribution < -0.4 is 16.0 Å². The number of aryl methyl sites for hydroxylation is 1. The molecule has 14 nitrogen and oxygen atoms in total. The maximum absolute atomic E-state index is 13.5. The summed E-state index contributed by atoms with van der Waals surface area (Å²) < 4.78 is 9.31. The van der Waals surface area contributed by atoms with E-state index in [0.717, 1.165) is 31.9 Å². The van der Waals surface area contributed by atoms with Crippen LogP contribution in [0.1, 0.15) is 84.3 Å². The molecule has 3 rings (SSSR count). The zero-order chi connectivity index (χ0) is 38.8. The van der Waals surface area contributed by atoms with Crippen LogP contribution >= 0.6 is 0 Å². The molecule has 53 heavy (non-hydrogen) atoms. The van der Waals surface area contributed by atoms with Crippen molar-refractivity contribution in [3.63, 3.8) is 0 Å². The Hall–Kier alpha value is -5.63. The van der Waals surface area contributed by atoms with Crippen molar-refractivity contribution in [1.82, 2.24) is 26.0 Å². The Bertz CT molecular complexity index is 1700. The van der Waals surface area contributed by atoms with Crippen molar-refractivity contribution >= 4 is 36.1 Å². The third kappa shape index (κ3) is 12.5. The SMILES string of the molecule is CCCCC[C@@H](C(=O)NCNC(=O)c1cccc(-c2ccc(C(=O)N[C@@H](CC(=O)OC)C(=O)OC)c(C)c2)n1)[C@@H](CC)N(C=O)OCc1ccccc1. The van der Waals surface area contributed by atoms with Gasteiger partial charge in [0.1, 0.15) is 18.3 Å². The highest BCUT2D eigenvalue weighted by Crippen LogP contribution is 2.23. The number of carbonyl (C=O) groups is 6. The van der Waals surface area contributed by atoms with Crippen molar-refractivity contribution in [2.45, 2.75) is 78.0 Å². The molecule has 284 valence electrons. The number of hydrogen-bond donors (Lipinski definition) is 3. The first kappa shape index (κ1) is 41.8. The molecular weight excluding hydrogens is 682 g/mol. The van der Waals surface area contributed by atoms with Gasteiger partial charge in [0.2, 0.25) is 12.3 Å². The molecule has 2 aromatic carbocycles. The highest BCUT2D eigenvalue weighted by atomic mass is 16.7. The Kier molecular flexibility index (Phi) is 17.1. The number of ether oxygens (including phenoxy) is 2. The predicted octanol–water partition coefficient (Wildman–Crippen LogP) is 4.26. The molecular formula is C39H49N5O9. The molecule has 14 heteroatoms. The highest BCUT2D eigenvalue weighted by Gasteiger charge is 2.32. The van der Waals surface area contributed by atoms with Gasteiger partial charge in [-0.1, -0.05) is 75.6 Å². The smallest absolute Gasteiger partial charge is 0.328 e. The van der Waals surface area contributed by atoms with Crippen molar-refractivity contribution in [3.8, 4) is 11.3 Å². The summed E-state index contributed by atoms with van der Waals surface area (Å²) in [6.45, 7) is 5.68. The van der Waals surface area contributed by atoms with Crippen molar-refractivity contribution in [2.75, 3.05) is 20.9 Å². The van der Waals surface area contributed by atoms with Gasteiger partial charge in [-0.2, -0.15) is 0 Å². The highest BCUT2D eigenvalue weighted by molar-refractivity contribution is 5.99. The number of hydrogen-bond acceptors (Lipinski definition) is 10. The fraction of sp³-hybridized carbons (Fsp3) is 0.410. The molecule has 0 saturated carbocycles. The average molecular weight is 732 g/mol. The molecule has 0 aliphatic heterocycles. The van der Waals surface area contributed by atoms with E-state index in [2.05, 4.69) is 32.6 Å². The second kappa shape index (κ2) is 21.7. The van der Waals surface area contributed by atoms with Crippen LogP contribution in [-0.4, -0.2) is 79.1 Å². The third-order valence-corrected chi connectivity index (χ3v) is 8.64. The van der Waals surface area contributed by atoms with E-state index in [4.69, 9.17) is 9.57 Å². The van der Waals surface area contributed by atoms with Crippen LogP contribution in [0.2, 0.25) is 0 Å². The van der Waals surface area contributed by atoms with Crippen molar-refractivity contribution in [3.05, 3.63) is 89.1 Å². The maximum atomic E-state index is 13.5. The largest absolute Gasteiger partial charge is 0.469 e. The first-order chi connectivity index (χ1) is 25.6. The zero-order valence-corrected chi connectivity index (χ0v) is 30.9. The summed E-state index contributed by atoms with van der Waals surface area (Å²) in [5, 5.41) is 9.23. The van der Waals surface area contributed by atoms with Crippen molar-refractivity contribution < 1.29 is 43.1 Å². The number of rotatable bonds is 21. The molecule has 0 aliphatic rings. The number of carbonyl (C=O) groups excluding carboxylic acids is 6. The molecule has 3 N–H and O–H groups in total. The molecule has 4 amide bonds. The molecule has 0 spiro atoms. The van der Waals surface area contributed by atoms with Crippen LogP contribution in [0.4, 0.5) is 0 Å². The topological polar surface area (TPSA) is 182 Å². The minimum Gasteiger partial charge on any atom is -0.469 e. The standard InChI is InChI=1S/C39H49N5O9/c1-6-8-10-16-30(34(7-2)44(25-45)53-23-27-14-11-9-12-15-27)36(47)40-24-41-38(49)32-18-13-17-31(42-32)28-19-20-29(26(3)21-28)37(48)43-33(39(50)52-5)22-35(46)51-4/h9,11-15,17-21,25,30,33-34H,6-8,10,16,22-24H2,1-5H3,(H,40,47)(H,41,49)(H,43,48)/t30-,33+,34-/m1/s1. The van der Waals surface area contributed by atoms with Gasteiger partial charge in [0, 0.05) is 11.1 Å². The van der Waals surface area contributed by atoms with Crippen LogP contribution in [0.15, 0.2) is 66.7 Å². The van der Waals surface area contributed by atoms with Crippen molar-refractivity contribution in [2.24, 2.45) is 5.92 Å². The van der Waals surface area contributed by atoms with E-state index >= 15 is 0 Å². The predicted molar refractivity (Wildman–Crippen MR) is 196 cm³/mol. The van der Waals surface area contributed by atoms with Gasteiger partial charge in [-0.25, -0.2) is 14.8 Å². The third-order valence-electron chi connectivity index (χ3n) is 8.64.